The molecule has 0 saturated heterocycles. The van der Waals surface area contributed by atoms with E-state index in [-0.39, 0.29) is 16.8 Å². The summed E-state index contributed by atoms with van der Waals surface area (Å²) in [7, 11) is 0. The summed E-state index contributed by atoms with van der Waals surface area (Å²) in [5.74, 6) is -0.354. The smallest absolute Gasteiger partial charge is 0.275 e. The normalized spacial score (nSPS) is 10.4. The van der Waals surface area contributed by atoms with Crippen LogP contribution in [-0.4, -0.2) is 20.9 Å². The molecule has 20 heavy (non-hydrogen) atoms. The summed E-state index contributed by atoms with van der Waals surface area (Å²) in [5.41, 5.74) is 1.55. The third kappa shape index (κ3) is 2.44. The van der Waals surface area contributed by atoms with Gasteiger partial charge in [-0.1, -0.05) is 29.8 Å². The topological polar surface area (TPSA) is 67.8 Å². The molecular weight excluding hydrogens is 276 g/mol. The molecule has 0 aliphatic heterocycles. The molecule has 98 valence electrons. The van der Waals surface area contributed by atoms with Crippen molar-refractivity contribution in [3.8, 4) is 0 Å². The minimum absolute atomic E-state index is 0.197. The van der Waals surface area contributed by atoms with Gasteiger partial charge in [0.1, 0.15) is 10.8 Å². The van der Waals surface area contributed by atoms with Gasteiger partial charge in [-0.15, -0.1) is 0 Å². The molecule has 0 fully saturated rings. The number of hydrogen-bond acceptors (Lipinski definition) is 4. The number of amides is 1. The molecule has 3 aromatic rings. The van der Waals surface area contributed by atoms with Crippen molar-refractivity contribution in [1.82, 2.24) is 15.0 Å². The molecule has 1 aromatic carbocycles. The lowest BCUT2D eigenvalue weighted by molar-refractivity contribution is 0.102. The summed E-state index contributed by atoms with van der Waals surface area (Å²) in [6.45, 7) is 0. The van der Waals surface area contributed by atoms with Crippen molar-refractivity contribution in [2.45, 2.75) is 0 Å². The maximum Gasteiger partial charge on any atom is 0.275 e. The molecule has 0 radical (unpaired) electrons. The molecule has 0 unspecified atom stereocenters. The Balaban J connectivity index is 1.93. The first-order valence-electron chi connectivity index (χ1n) is 5.87. The van der Waals surface area contributed by atoms with Crippen molar-refractivity contribution in [3.05, 3.63) is 59.8 Å². The van der Waals surface area contributed by atoms with Crippen molar-refractivity contribution < 1.29 is 4.79 Å². The number of nitrogens with zero attached hydrogens (tertiary/aromatic N) is 3. The highest BCUT2D eigenvalue weighted by atomic mass is 35.5. The maximum absolute atomic E-state index is 12.1. The van der Waals surface area contributed by atoms with Crippen LogP contribution in [0.1, 0.15) is 10.5 Å². The van der Waals surface area contributed by atoms with Gasteiger partial charge in [0.05, 0.1) is 23.6 Å². The Kier molecular flexibility index (Phi) is 3.26. The van der Waals surface area contributed by atoms with E-state index >= 15 is 0 Å². The van der Waals surface area contributed by atoms with Gasteiger partial charge in [0.25, 0.3) is 5.91 Å². The second kappa shape index (κ2) is 5.22. The lowest BCUT2D eigenvalue weighted by Gasteiger charge is -2.07. The lowest BCUT2D eigenvalue weighted by Crippen LogP contribution is -2.14. The summed E-state index contributed by atoms with van der Waals surface area (Å²) in [5, 5.41) is 3.97. The second-order valence-corrected chi connectivity index (χ2v) is 4.45. The Morgan fingerprint density at radius 1 is 1.05 bits per heavy atom. The first-order chi connectivity index (χ1) is 9.74. The molecule has 2 heterocycles. The number of benzene rings is 1. The maximum atomic E-state index is 12.1. The number of carbonyl (C=O) groups is 1. The number of fused-ring (bicyclic) bond motifs is 1. The van der Waals surface area contributed by atoms with Gasteiger partial charge in [-0.05, 0) is 12.1 Å². The fraction of sp³-hybridized carbons (Fsp3) is 0. The van der Waals surface area contributed by atoms with Gasteiger partial charge in [-0.25, -0.2) is 9.97 Å². The number of hydrogen-bond donors (Lipinski definition) is 1. The Labute approximate surface area is 119 Å². The fourth-order valence-corrected chi connectivity index (χ4v) is 1.92. The molecule has 1 amide bonds. The third-order valence-corrected chi connectivity index (χ3v) is 2.93. The molecule has 6 heteroatoms. The molecule has 0 atom stereocenters. The highest BCUT2D eigenvalue weighted by molar-refractivity contribution is 6.29. The predicted octanol–water partition coefficient (Wildman–Crippen LogP) is 2.93. The van der Waals surface area contributed by atoms with Crippen molar-refractivity contribution in [1.29, 1.82) is 0 Å². The van der Waals surface area contributed by atoms with E-state index in [1.54, 1.807) is 12.3 Å². The van der Waals surface area contributed by atoms with Crippen LogP contribution >= 0.6 is 11.6 Å². The number of halogens is 1. The molecule has 0 spiro atoms. The van der Waals surface area contributed by atoms with E-state index < -0.39 is 0 Å². The Bertz CT molecular complexity index is 768. The van der Waals surface area contributed by atoms with Crippen molar-refractivity contribution in [3.63, 3.8) is 0 Å². The van der Waals surface area contributed by atoms with Crippen LogP contribution in [0.3, 0.4) is 0 Å². The predicted molar refractivity (Wildman–Crippen MR) is 76.7 cm³/mol. The van der Waals surface area contributed by atoms with E-state index in [9.17, 15) is 4.79 Å². The Morgan fingerprint density at radius 3 is 2.70 bits per heavy atom. The number of rotatable bonds is 2. The van der Waals surface area contributed by atoms with E-state index in [4.69, 9.17) is 11.6 Å². The van der Waals surface area contributed by atoms with Gasteiger partial charge >= 0.3 is 0 Å². The quantitative estimate of drug-likeness (QED) is 0.785. The summed E-state index contributed by atoms with van der Waals surface area (Å²) in [6.07, 6.45) is 4.34. The minimum Gasteiger partial charge on any atom is -0.319 e. The minimum atomic E-state index is -0.354. The molecule has 0 aliphatic rings. The molecule has 0 aliphatic carbocycles. The Morgan fingerprint density at radius 2 is 1.90 bits per heavy atom. The van der Waals surface area contributed by atoms with E-state index in [2.05, 4.69) is 20.3 Å². The second-order valence-electron chi connectivity index (χ2n) is 4.06. The van der Waals surface area contributed by atoms with E-state index in [1.807, 2.05) is 24.3 Å². The van der Waals surface area contributed by atoms with Crippen LogP contribution in [-0.2, 0) is 0 Å². The Hall–Kier alpha value is -2.53. The number of anilines is 1. The first kappa shape index (κ1) is 12.5. The molecule has 2 aromatic heterocycles. The van der Waals surface area contributed by atoms with Gasteiger partial charge in [0.15, 0.2) is 0 Å². The monoisotopic (exact) mass is 284 g/mol. The van der Waals surface area contributed by atoms with Crippen molar-refractivity contribution in [2.75, 3.05) is 5.32 Å². The number of para-hydroxylation sites is 1. The summed E-state index contributed by atoms with van der Waals surface area (Å²) in [6, 6.07) is 9.35. The fourth-order valence-electron chi connectivity index (χ4n) is 1.82. The SMILES string of the molecule is O=C(Nc1cccc2cccnc12)c1cnc(Cl)cn1. The van der Waals surface area contributed by atoms with Crippen LogP contribution in [0.15, 0.2) is 48.9 Å². The van der Waals surface area contributed by atoms with Crippen LogP contribution in [0.4, 0.5) is 5.69 Å². The molecule has 5 nitrogen and oxygen atoms in total. The number of nitrogens with one attached hydrogen (secondary N) is 1. The van der Waals surface area contributed by atoms with Gasteiger partial charge in [-0.2, -0.15) is 0 Å². The average Bonchev–Trinajstić information content (AvgIpc) is 2.48. The zero-order chi connectivity index (χ0) is 13.9. The van der Waals surface area contributed by atoms with Crippen LogP contribution in [0.5, 0.6) is 0 Å². The van der Waals surface area contributed by atoms with Gasteiger partial charge in [-0.3, -0.25) is 9.78 Å². The molecule has 0 saturated carbocycles. The van der Waals surface area contributed by atoms with Crippen LogP contribution in [0.25, 0.3) is 10.9 Å². The first-order valence-corrected chi connectivity index (χ1v) is 6.24. The van der Waals surface area contributed by atoms with Gasteiger partial charge in [0.2, 0.25) is 0 Å². The largest absolute Gasteiger partial charge is 0.319 e. The van der Waals surface area contributed by atoms with Gasteiger partial charge < -0.3 is 5.32 Å². The third-order valence-electron chi connectivity index (χ3n) is 2.73. The van der Waals surface area contributed by atoms with Crippen LogP contribution < -0.4 is 5.32 Å². The standard InChI is InChI=1S/C14H9ClN4O/c15-12-8-17-11(7-18-12)14(20)19-10-5-1-3-9-4-2-6-16-13(9)10/h1-8H,(H,19,20). The summed E-state index contributed by atoms with van der Waals surface area (Å²) >= 11 is 5.64. The number of aromatic nitrogens is 3. The molecular formula is C14H9ClN4O. The zero-order valence-corrected chi connectivity index (χ0v) is 11.0. The van der Waals surface area contributed by atoms with Crippen molar-refractivity contribution in [2.24, 2.45) is 0 Å². The van der Waals surface area contributed by atoms with E-state index in [0.29, 0.717) is 5.69 Å². The van der Waals surface area contributed by atoms with Gasteiger partial charge in [0, 0.05) is 11.6 Å². The van der Waals surface area contributed by atoms with Crippen LogP contribution in [0, 0.1) is 0 Å². The highest BCUT2D eigenvalue weighted by Gasteiger charge is 2.10. The average molecular weight is 285 g/mol. The summed E-state index contributed by atoms with van der Waals surface area (Å²) in [4.78, 5) is 24.1. The van der Waals surface area contributed by atoms with E-state index in [0.717, 1.165) is 10.9 Å². The lowest BCUT2D eigenvalue weighted by atomic mass is 10.2. The number of pyridine rings is 1. The van der Waals surface area contributed by atoms with E-state index in [1.165, 1.54) is 12.4 Å². The molecule has 0 bridgehead atoms. The highest BCUT2D eigenvalue weighted by Crippen LogP contribution is 2.21. The van der Waals surface area contributed by atoms with Crippen molar-refractivity contribution >= 4 is 34.1 Å². The zero-order valence-electron chi connectivity index (χ0n) is 10.2. The summed E-state index contributed by atoms with van der Waals surface area (Å²) < 4.78 is 0. The molecule has 1 N–H and O–H groups in total. The molecule has 3 rings (SSSR count). The van der Waals surface area contributed by atoms with Crippen LogP contribution in [0.2, 0.25) is 5.15 Å². The number of carbonyl (C=O) groups excluding carboxylic acids is 1.